The molecule has 3 rings (SSSR count). The number of carbonyl (C=O) groups excluding carboxylic acids is 2. The number of hydrogen-bond donors (Lipinski definition) is 2. The maximum Gasteiger partial charge on any atom is 0.257 e. The third-order valence-electron chi connectivity index (χ3n) is 4.98. The van der Waals surface area contributed by atoms with E-state index in [0.717, 1.165) is 32.0 Å². The summed E-state index contributed by atoms with van der Waals surface area (Å²) in [7, 11) is 0. The number of likely N-dealkylation sites (tertiary alicyclic amines) is 1. The molecule has 0 radical (unpaired) electrons. The molecule has 1 aromatic carbocycles. The van der Waals surface area contributed by atoms with Crippen LogP contribution >= 0.6 is 0 Å². The van der Waals surface area contributed by atoms with Crippen molar-refractivity contribution in [2.24, 2.45) is 5.92 Å². The second-order valence-corrected chi connectivity index (χ2v) is 7.43. The summed E-state index contributed by atoms with van der Waals surface area (Å²) in [5, 5.41) is 5.78. The van der Waals surface area contributed by atoms with Gasteiger partial charge in [-0.3, -0.25) is 14.6 Å². The number of aromatic nitrogens is 1. The third kappa shape index (κ3) is 5.89. The van der Waals surface area contributed by atoms with Crippen LogP contribution in [0.25, 0.3) is 0 Å². The number of nitrogens with one attached hydrogen (secondary N) is 2. The second kappa shape index (κ2) is 9.99. The maximum absolute atomic E-state index is 12.4. The van der Waals surface area contributed by atoms with E-state index in [2.05, 4.69) is 27.4 Å². The van der Waals surface area contributed by atoms with E-state index in [4.69, 9.17) is 0 Å². The maximum atomic E-state index is 12.4. The number of amides is 2. The molecule has 2 aromatic rings. The summed E-state index contributed by atoms with van der Waals surface area (Å²) >= 11 is 0. The van der Waals surface area contributed by atoms with Crippen LogP contribution < -0.4 is 10.6 Å². The number of benzene rings is 1. The lowest BCUT2D eigenvalue weighted by Gasteiger charge is -2.30. The lowest BCUT2D eigenvalue weighted by molar-refractivity contribution is 0.0948. The minimum absolute atomic E-state index is 0.121. The van der Waals surface area contributed by atoms with Crippen molar-refractivity contribution in [1.82, 2.24) is 15.2 Å². The highest BCUT2D eigenvalue weighted by Crippen LogP contribution is 2.15. The van der Waals surface area contributed by atoms with Crippen LogP contribution in [0.15, 0.2) is 48.8 Å². The van der Waals surface area contributed by atoms with E-state index in [1.54, 1.807) is 42.6 Å². The van der Waals surface area contributed by atoms with Crippen LogP contribution in [0.1, 0.15) is 46.9 Å². The van der Waals surface area contributed by atoms with E-state index >= 15 is 0 Å². The van der Waals surface area contributed by atoms with Gasteiger partial charge in [0.05, 0.1) is 5.56 Å². The summed E-state index contributed by atoms with van der Waals surface area (Å²) in [5.41, 5.74) is 1.60. The Morgan fingerprint density at radius 2 is 2.04 bits per heavy atom. The minimum atomic E-state index is -0.249. The van der Waals surface area contributed by atoms with Crippen LogP contribution in [0.5, 0.6) is 0 Å². The Labute approximate surface area is 166 Å². The predicted molar refractivity (Wildman–Crippen MR) is 110 cm³/mol. The largest absolute Gasteiger partial charge is 0.352 e. The van der Waals surface area contributed by atoms with Gasteiger partial charge in [-0.15, -0.1) is 0 Å². The van der Waals surface area contributed by atoms with Gasteiger partial charge in [-0.2, -0.15) is 0 Å². The molecule has 148 valence electrons. The molecule has 6 heteroatoms. The topological polar surface area (TPSA) is 74.3 Å². The molecule has 1 aliphatic heterocycles. The van der Waals surface area contributed by atoms with Crippen molar-refractivity contribution in [3.63, 3.8) is 0 Å². The quantitative estimate of drug-likeness (QED) is 0.724. The van der Waals surface area contributed by atoms with Crippen molar-refractivity contribution < 1.29 is 9.59 Å². The molecule has 0 saturated carbocycles. The summed E-state index contributed by atoms with van der Waals surface area (Å²) in [5.74, 6) is 0.402. The second-order valence-electron chi connectivity index (χ2n) is 7.43. The number of nitrogens with zero attached hydrogens (tertiary/aromatic N) is 2. The average Bonchev–Trinajstić information content (AvgIpc) is 2.72. The number of piperidine rings is 1. The van der Waals surface area contributed by atoms with E-state index in [0.29, 0.717) is 23.4 Å². The van der Waals surface area contributed by atoms with Crippen LogP contribution in [0, 0.1) is 5.92 Å². The van der Waals surface area contributed by atoms with Gasteiger partial charge in [0.2, 0.25) is 0 Å². The molecule has 1 saturated heterocycles. The molecule has 1 atom stereocenters. The Kier molecular flexibility index (Phi) is 7.14. The van der Waals surface area contributed by atoms with Crippen molar-refractivity contribution in [3.8, 4) is 0 Å². The highest BCUT2D eigenvalue weighted by Gasteiger charge is 2.15. The Morgan fingerprint density at radius 1 is 1.18 bits per heavy atom. The van der Waals surface area contributed by atoms with Crippen molar-refractivity contribution >= 4 is 17.5 Å². The monoisotopic (exact) mass is 380 g/mol. The summed E-state index contributed by atoms with van der Waals surface area (Å²) in [4.78, 5) is 31.1. The van der Waals surface area contributed by atoms with E-state index in [1.807, 2.05) is 0 Å². The molecule has 1 aromatic heterocycles. The van der Waals surface area contributed by atoms with Gasteiger partial charge in [-0.05, 0) is 68.6 Å². The molecule has 6 nitrogen and oxygen atoms in total. The van der Waals surface area contributed by atoms with Gasteiger partial charge in [-0.1, -0.05) is 13.0 Å². The van der Waals surface area contributed by atoms with Crippen LogP contribution in [-0.2, 0) is 0 Å². The first-order valence-corrected chi connectivity index (χ1v) is 9.94. The van der Waals surface area contributed by atoms with Gasteiger partial charge in [0.25, 0.3) is 11.8 Å². The molecule has 1 unspecified atom stereocenters. The normalized spacial score (nSPS) is 17.1. The van der Waals surface area contributed by atoms with Gasteiger partial charge in [0, 0.05) is 36.7 Å². The molecular formula is C22H28N4O2. The Bertz CT molecular complexity index is 794. The summed E-state index contributed by atoms with van der Waals surface area (Å²) < 4.78 is 0. The van der Waals surface area contributed by atoms with Crippen molar-refractivity contribution in [3.05, 3.63) is 59.9 Å². The Balaban J connectivity index is 1.46. The zero-order valence-electron chi connectivity index (χ0n) is 16.4. The van der Waals surface area contributed by atoms with Crippen molar-refractivity contribution in [2.75, 3.05) is 31.5 Å². The van der Waals surface area contributed by atoms with Crippen LogP contribution in [-0.4, -0.2) is 47.9 Å². The van der Waals surface area contributed by atoms with Gasteiger partial charge in [0.1, 0.15) is 0 Å². The van der Waals surface area contributed by atoms with E-state index < -0.39 is 0 Å². The predicted octanol–water partition coefficient (Wildman–Crippen LogP) is 3.19. The summed E-state index contributed by atoms with van der Waals surface area (Å²) in [6.45, 7) is 6.29. The molecular weight excluding hydrogens is 352 g/mol. The molecule has 0 spiro atoms. The SMILES string of the molecule is CC1CCCN(CCCNC(=O)c2cccc(NC(=O)c3cccnc3)c2)C1. The fraction of sp³-hybridized carbons (Fsp3) is 0.409. The average molecular weight is 380 g/mol. The standard InChI is InChI=1S/C22H28N4O2/c1-17-6-4-12-26(16-17)13-5-11-24-21(27)18-7-2-9-20(14-18)25-22(28)19-8-3-10-23-15-19/h2-3,7-10,14-15,17H,4-6,11-13,16H2,1H3,(H,24,27)(H,25,28). The Morgan fingerprint density at radius 3 is 2.82 bits per heavy atom. The lowest BCUT2D eigenvalue weighted by Crippen LogP contribution is -2.36. The van der Waals surface area contributed by atoms with E-state index in [9.17, 15) is 9.59 Å². The number of carbonyl (C=O) groups is 2. The first-order valence-electron chi connectivity index (χ1n) is 9.94. The van der Waals surface area contributed by atoms with Gasteiger partial charge in [-0.25, -0.2) is 0 Å². The zero-order valence-corrected chi connectivity index (χ0v) is 16.4. The third-order valence-corrected chi connectivity index (χ3v) is 4.98. The minimum Gasteiger partial charge on any atom is -0.352 e. The fourth-order valence-electron chi connectivity index (χ4n) is 3.53. The highest BCUT2D eigenvalue weighted by atomic mass is 16.2. The highest BCUT2D eigenvalue weighted by molar-refractivity contribution is 6.04. The van der Waals surface area contributed by atoms with Gasteiger partial charge >= 0.3 is 0 Å². The summed E-state index contributed by atoms with van der Waals surface area (Å²) in [6, 6.07) is 10.4. The molecule has 0 bridgehead atoms. The molecule has 28 heavy (non-hydrogen) atoms. The van der Waals surface area contributed by atoms with Gasteiger partial charge < -0.3 is 15.5 Å². The van der Waals surface area contributed by atoms with Crippen LogP contribution in [0.3, 0.4) is 0 Å². The molecule has 2 heterocycles. The zero-order chi connectivity index (χ0) is 19.8. The number of hydrogen-bond acceptors (Lipinski definition) is 4. The number of anilines is 1. The van der Waals surface area contributed by atoms with Crippen LogP contribution in [0.2, 0.25) is 0 Å². The molecule has 2 amide bonds. The first-order chi connectivity index (χ1) is 13.6. The van der Waals surface area contributed by atoms with Crippen molar-refractivity contribution in [2.45, 2.75) is 26.2 Å². The van der Waals surface area contributed by atoms with Crippen molar-refractivity contribution in [1.29, 1.82) is 0 Å². The fourth-order valence-corrected chi connectivity index (χ4v) is 3.53. The molecule has 1 aliphatic rings. The molecule has 0 aliphatic carbocycles. The smallest absolute Gasteiger partial charge is 0.257 e. The van der Waals surface area contributed by atoms with Crippen LogP contribution in [0.4, 0.5) is 5.69 Å². The van der Waals surface area contributed by atoms with E-state index in [1.165, 1.54) is 19.0 Å². The number of rotatable bonds is 7. The number of pyridine rings is 1. The first kappa shape index (κ1) is 20.0. The molecule has 1 fully saturated rings. The summed E-state index contributed by atoms with van der Waals surface area (Å²) in [6.07, 6.45) is 6.66. The lowest BCUT2D eigenvalue weighted by atomic mass is 10.0. The Hall–Kier alpha value is -2.73. The van der Waals surface area contributed by atoms with E-state index in [-0.39, 0.29) is 11.8 Å². The molecule has 2 N–H and O–H groups in total. The van der Waals surface area contributed by atoms with Gasteiger partial charge in [0.15, 0.2) is 0 Å².